The van der Waals surface area contributed by atoms with E-state index in [0.29, 0.717) is 16.9 Å². The molecule has 1 rings (SSSR count). The van der Waals surface area contributed by atoms with Crippen molar-refractivity contribution < 1.29 is 14.3 Å². The number of carbonyl (C=O) groups excluding carboxylic acids is 1. The summed E-state index contributed by atoms with van der Waals surface area (Å²) in [5.41, 5.74) is 1.12. The van der Waals surface area contributed by atoms with Crippen LogP contribution in [0.1, 0.15) is 28.9 Å². The first-order chi connectivity index (χ1) is 7.63. The zero-order valence-electron chi connectivity index (χ0n) is 9.48. The van der Waals surface area contributed by atoms with Gasteiger partial charge in [-0.05, 0) is 18.2 Å². The average Bonchev–Trinajstić information content (AvgIpc) is 2.35. The van der Waals surface area contributed by atoms with Crippen LogP contribution in [0.15, 0.2) is 18.2 Å². The maximum atomic E-state index is 11.3. The van der Waals surface area contributed by atoms with Crippen LogP contribution in [0, 0.1) is 6.57 Å². The number of hydrogen-bond donors (Lipinski definition) is 0. The van der Waals surface area contributed by atoms with Gasteiger partial charge in [-0.3, -0.25) is 0 Å². The van der Waals surface area contributed by atoms with E-state index in [1.54, 1.807) is 25.1 Å². The molecule has 0 heterocycles. The fourth-order valence-corrected chi connectivity index (χ4v) is 1.38. The highest BCUT2D eigenvalue weighted by Gasteiger charge is 2.17. The van der Waals surface area contributed by atoms with Crippen molar-refractivity contribution in [2.75, 3.05) is 14.2 Å². The summed E-state index contributed by atoms with van der Waals surface area (Å²) in [4.78, 5) is 14.7. The zero-order valence-corrected chi connectivity index (χ0v) is 9.48. The fourth-order valence-electron chi connectivity index (χ4n) is 1.38. The van der Waals surface area contributed by atoms with Gasteiger partial charge >= 0.3 is 5.97 Å². The highest BCUT2D eigenvalue weighted by molar-refractivity contribution is 5.89. The predicted octanol–water partition coefficient (Wildman–Crippen LogP) is 2.46. The Balaban J connectivity index is 3.22. The lowest BCUT2D eigenvalue weighted by molar-refractivity contribution is 0.0600. The molecule has 0 spiro atoms. The first-order valence-corrected chi connectivity index (χ1v) is 4.76. The summed E-state index contributed by atoms with van der Waals surface area (Å²) in [6.07, 6.45) is 0. The van der Waals surface area contributed by atoms with Gasteiger partial charge in [-0.2, -0.15) is 0 Å². The van der Waals surface area contributed by atoms with Gasteiger partial charge < -0.3 is 14.3 Å². The number of nitrogens with zero attached hydrogens (tertiary/aromatic N) is 1. The molecule has 0 saturated heterocycles. The minimum atomic E-state index is -0.416. The molecule has 1 aromatic rings. The smallest absolute Gasteiger partial charge is 0.337 e. The van der Waals surface area contributed by atoms with Gasteiger partial charge in [0.05, 0.1) is 25.3 Å². The summed E-state index contributed by atoms with van der Waals surface area (Å²) >= 11 is 0. The van der Waals surface area contributed by atoms with Crippen molar-refractivity contribution in [1.29, 1.82) is 0 Å². The lowest BCUT2D eigenvalue weighted by Gasteiger charge is -2.09. The minimum absolute atomic E-state index is 0.348. The number of esters is 1. The maximum Gasteiger partial charge on any atom is 0.337 e. The number of carbonyl (C=O) groups is 1. The molecule has 0 aliphatic carbocycles. The van der Waals surface area contributed by atoms with E-state index in [2.05, 4.69) is 9.58 Å². The Morgan fingerprint density at radius 2 is 2.12 bits per heavy atom. The van der Waals surface area contributed by atoms with Gasteiger partial charge in [-0.25, -0.2) is 11.4 Å². The van der Waals surface area contributed by atoms with Crippen LogP contribution >= 0.6 is 0 Å². The Morgan fingerprint density at radius 3 is 2.62 bits per heavy atom. The van der Waals surface area contributed by atoms with Crippen LogP contribution in [0.5, 0.6) is 5.75 Å². The average molecular weight is 219 g/mol. The third-order valence-corrected chi connectivity index (χ3v) is 2.29. The van der Waals surface area contributed by atoms with Crippen LogP contribution in [0.2, 0.25) is 0 Å². The van der Waals surface area contributed by atoms with Gasteiger partial charge in [-0.15, -0.1) is 0 Å². The largest absolute Gasteiger partial charge is 0.496 e. The van der Waals surface area contributed by atoms with Gasteiger partial charge in [0.25, 0.3) is 0 Å². The Kier molecular flexibility index (Phi) is 3.90. The minimum Gasteiger partial charge on any atom is -0.496 e. The number of rotatable bonds is 3. The monoisotopic (exact) mass is 219 g/mol. The molecule has 1 atom stereocenters. The molecule has 0 amide bonds. The third kappa shape index (κ3) is 2.31. The van der Waals surface area contributed by atoms with Crippen LogP contribution in [0.25, 0.3) is 4.85 Å². The first-order valence-electron chi connectivity index (χ1n) is 4.76. The fraction of sp³-hybridized carbons (Fsp3) is 0.333. The summed E-state index contributed by atoms with van der Waals surface area (Å²) < 4.78 is 9.76. The summed E-state index contributed by atoms with van der Waals surface area (Å²) in [6.45, 7) is 8.75. The predicted molar refractivity (Wildman–Crippen MR) is 59.4 cm³/mol. The standard InChI is InChI=1S/C12H13NO3/c1-8(13-2)10-7-9(12(14)16-4)5-6-11(10)15-3/h5-8H,1,3-4H3. The van der Waals surface area contributed by atoms with Gasteiger partial charge in [0, 0.05) is 6.92 Å². The van der Waals surface area contributed by atoms with Crippen molar-refractivity contribution in [3.05, 3.63) is 40.7 Å². The van der Waals surface area contributed by atoms with Crippen molar-refractivity contribution in [3.63, 3.8) is 0 Å². The maximum absolute atomic E-state index is 11.3. The molecule has 16 heavy (non-hydrogen) atoms. The molecule has 0 fully saturated rings. The lowest BCUT2D eigenvalue weighted by atomic mass is 10.0. The second-order valence-electron chi connectivity index (χ2n) is 3.25. The van der Waals surface area contributed by atoms with Crippen molar-refractivity contribution in [1.82, 2.24) is 0 Å². The zero-order chi connectivity index (χ0) is 12.1. The van der Waals surface area contributed by atoms with Crippen LogP contribution < -0.4 is 4.74 Å². The molecule has 0 saturated carbocycles. The molecule has 0 aromatic heterocycles. The lowest BCUT2D eigenvalue weighted by Crippen LogP contribution is -2.03. The molecule has 0 N–H and O–H groups in total. The normalized spacial score (nSPS) is 11.4. The van der Waals surface area contributed by atoms with Crippen LogP contribution in [0.4, 0.5) is 0 Å². The number of methoxy groups -OCH3 is 2. The quantitative estimate of drug-likeness (QED) is 0.579. The van der Waals surface area contributed by atoms with E-state index in [9.17, 15) is 4.79 Å². The Bertz CT molecular complexity index is 434. The molecular weight excluding hydrogens is 206 g/mol. The van der Waals surface area contributed by atoms with Crippen molar-refractivity contribution in [2.45, 2.75) is 13.0 Å². The van der Waals surface area contributed by atoms with E-state index >= 15 is 0 Å². The molecule has 4 nitrogen and oxygen atoms in total. The van der Waals surface area contributed by atoms with Crippen LogP contribution in [-0.4, -0.2) is 20.2 Å². The molecule has 0 radical (unpaired) electrons. The Hall–Kier alpha value is -2.02. The highest BCUT2D eigenvalue weighted by atomic mass is 16.5. The van der Waals surface area contributed by atoms with E-state index in [0.717, 1.165) is 0 Å². The summed E-state index contributed by atoms with van der Waals surface area (Å²) in [5.74, 6) is 0.192. The number of benzene rings is 1. The molecule has 1 aromatic carbocycles. The Morgan fingerprint density at radius 1 is 1.44 bits per heavy atom. The van der Waals surface area contributed by atoms with Gasteiger partial charge in [0.15, 0.2) is 0 Å². The SMILES string of the molecule is [C-]#[N+]C(C)c1cc(C(=O)OC)ccc1OC. The van der Waals surface area contributed by atoms with Gasteiger partial charge in [0.1, 0.15) is 5.75 Å². The van der Waals surface area contributed by atoms with Gasteiger partial charge in [0.2, 0.25) is 6.04 Å². The van der Waals surface area contributed by atoms with E-state index in [1.807, 2.05) is 0 Å². The van der Waals surface area contributed by atoms with Gasteiger partial charge in [-0.1, -0.05) is 0 Å². The highest BCUT2D eigenvalue weighted by Crippen LogP contribution is 2.28. The Labute approximate surface area is 94.6 Å². The summed E-state index contributed by atoms with van der Waals surface area (Å²) in [5, 5.41) is 0. The molecule has 0 aliphatic heterocycles. The third-order valence-electron chi connectivity index (χ3n) is 2.29. The van der Waals surface area contributed by atoms with Crippen molar-refractivity contribution in [3.8, 4) is 5.75 Å². The second-order valence-corrected chi connectivity index (χ2v) is 3.25. The molecule has 0 bridgehead atoms. The van der Waals surface area contributed by atoms with E-state index < -0.39 is 5.97 Å². The van der Waals surface area contributed by atoms with E-state index in [4.69, 9.17) is 11.3 Å². The topological polar surface area (TPSA) is 39.9 Å². The van der Waals surface area contributed by atoms with Crippen molar-refractivity contribution >= 4 is 5.97 Å². The molecule has 0 aliphatic rings. The number of hydrogen-bond acceptors (Lipinski definition) is 3. The van der Waals surface area contributed by atoms with E-state index in [1.165, 1.54) is 14.2 Å². The molecule has 4 heteroatoms. The van der Waals surface area contributed by atoms with Crippen molar-refractivity contribution in [2.24, 2.45) is 0 Å². The van der Waals surface area contributed by atoms with E-state index in [-0.39, 0.29) is 6.04 Å². The summed E-state index contributed by atoms with van der Waals surface area (Å²) in [6, 6.07) is 4.57. The van der Waals surface area contributed by atoms with Crippen LogP contribution in [-0.2, 0) is 4.74 Å². The molecule has 1 unspecified atom stereocenters. The summed E-state index contributed by atoms with van der Waals surface area (Å²) in [7, 11) is 2.86. The molecular formula is C12H13NO3. The molecule has 84 valence electrons. The number of ether oxygens (including phenoxy) is 2. The second kappa shape index (κ2) is 5.17. The van der Waals surface area contributed by atoms with Crippen LogP contribution in [0.3, 0.4) is 0 Å². The first kappa shape index (κ1) is 12.1.